The molecule has 5 heteroatoms. The molecule has 0 radical (unpaired) electrons. The second kappa shape index (κ2) is 5.23. The lowest BCUT2D eigenvalue weighted by molar-refractivity contribution is 0.357. The van der Waals surface area contributed by atoms with E-state index in [4.69, 9.17) is 0 Å². The maximum Gasteiger partial charge on any atom is 0.281 e. The summed E-state index contributed by atoms with van der Waals surface area (Å²) >= 11 is 0. The molecule has 19 heavy (non-hydrogen) atoms. The SMILES string of the molecule is CC(C)c1cccc2c1CCN(S(=O)(=O)N(C)C)C2. The van der Waals surface area contributed by atoms with Gasteiger partial charge in [-0.15, -0.1) is 0 Å². The predicted molar refractivity (Wildman–Crippen MR) is 77.3 cm³/mol. The van der Waals surface area contributed by atoms with E-state index in [-0.39, 0.29) is 0 Å². The lowest BCUT2D eigenvalue weighted by Crippen LogP contribution is -2.42. The Balaban J connectivity index is 2.34. The van der Waals surface area contributed by atoms with E-state index in [1.165, 1.54) is 15.4 Å². The second-order valence-corrected chi connectivity index (χ2v) is 7.66. The molecule has 0 aliphatic carbocycles. The normalized spacial score (nSPS) is 16.9. The third kappa shape index (κ3) is 2.68. The summed E-state index contributed by atoms with van der Waals surface area (Å²) in [5.41, 5.74) is 3.82. The predicted octanol–water partition coefficient (Wildman–Crippen LogP) is 1.97. The van der Waals surface area contributed by atoms with Gasteiger partial charge in [-0.25, -0.2) is 0 Å². The standard InChI is InChI=1S/C14H22N2O2S/c1-11(2)13-7-5-6-12-10-16(9-8-14(12)13)19(17,18)15(3)4/h5-7,11H,8-10H2,1-4H3. The van der Waals surface area contributed by atoms with Gasteiger partial charge in [0.05, 0.1) is 0 Å². The first-order chi connectivity index (χ1) is 8.84. The van der Waals surface area contributed by atoms with Gasteiger partial charge in [-0.1, -0.05) is 32.0 Å². The van der Waals surface area contributed by atoms with Gasteiger partial charge in [-0.2, -0.15) is 17.0 Å². The molecule has 0 amide bonds. The van der Waals surface area contributed by atoms with Crippen LogP contribution in [0.1, 0.15) is 36.5 Å². The van der Waals surface area contributed by atoms with Gasteiger partial charge in [0.2, 0.25) is 0 Å². The van der Waals surface area contributed by atoms with Gasteiger partial charge in [0, 0.05) is 27.2 Å². The molecule has 4 nitrogen and oxygen atoms in total. The summed E-state index contributed by atoms with van der Waals surface area (Å²) < 4.78 is 27.2. The zero-order valence-electron chi connectivity index (χ0n) is 12.0. The number of rotatable bonds is 3. The van der Waals surface area contributed by atoms with Crippen molar-refractivity contribution in [2.75, 3.05) is 20.6 Å². The molecule has 1 aromatic carbocycles. The van der Waals surface area contributed by atoms with E-state index in [1.54, 1.807) is 18.4 Å². The third-order valence-electron chi connectivity index (χ3n) is 3.68. The summed E-state index contributed by atoms with van der Waals surface area (Å²) in [5, 5.41) is 0. The van der Waals surface area contributed by atoms with Crippen LogP contribution in [0.25, 0.3) is 0 Å². The van der Waals surface area contributed by atoms with Crippen LogP contribution in [0.2, 0.25) is 0 Å². The molecule has 0 unspecified atom stereocenters. The highest BCUT2D eigenvalue weighted by atomic mass is 32.2. The van der Waals surface area contributed by atoms with Gasteiger partial charge < -0.3 is 0 Å². The average Bonchev–Trinajstić information content (AvgIpc) is 2.36. The first-order valence-electron chi connectivity index (χ1n) is 6.62. The number of benzene rings is 1. The maximum atomic E-state index is 12.2. The van der Waals surface area contributed by atoms with Crippen LogP contribution in [0.5, 0.6) is 0 Å². The number of nitrogens with zero attached hydrogens (tertiary/aromatic N) is 2. The topological polar surface area (TPSA) is 40.6 Å². The van der Waals surface area contributed by atoms with Crippen molar-refractivity contribution in [1.29, 1.82) is 0 Å². The van der Waals surface area contributed by atoms with Crippen LogP contribution in [0, 0.1) is 0 Å². The summed E-state index contributed by atoms with van der Waals surface area (Å²) in [6, 6.07) is 6.22. The first-order valence-corrected chi connectivity index (χ1v) is 8.02. The highest BCUT2D eigenvalue weighted by Crippen LogP contribution is 2.28. The molecule has 1 heterocycles. The molecule has 106 valence electrons. The van der Waals surface area contributed by atoms with Crippen molar-refractivity contribution in [3.8, 4) is 0 Å². The number of fused-ring (bicyclic) bond motifs is 1. The van der Waals surface area contributed by atoms with Crippen molar-refractivity contribution >= 4 is 10.2 Å². The lowest BCUT2D eigenvalue weighted by atomic mass is 9.90. The Morgan fingerprint density at radius 3 is 2.53 bits per heavy atom. The molecule has 0 fully saturated rings. The second-order valence-electron chi connectivity index (χ2n) is 5.51. The summed E-state index contributed by atoms with van der Waals surface area (Å²) in [7, 11) is -0.152. The van der Waals surface area contributed by atoms with Crippen molar-refractivity contribution in [1.82, 2.24) is 8.61 Å². The third-order valence-corrected chi connectivity index (χ3v) is 5.56. The summed E-state index contributed by atoms with van der Waals surface area (Å²) in [6.45, 7) is 5.41. The van der Waals surface area contributed by atoms with Crippen molar-refractivity contribution in [2.24, 2.45) is 0 Å². The van der Waals surface area contributed by atoms with Crippen LogP contribution in [-0.2, 0) is 23.2 Å². The molecule has 1 aromatic rings. The van der Waals surface area contributed by atoms with E-state index in [0.717, 1.165) is 12.0 Å². The molecule has 0 bridgehead atoms. The van der Waals surface area contributed by atoms with Gasteiger partial charge in [-0.05, 0) is 29.0 Å². The van der Waals surface area contributed by atoms with Crippen molar-refractivity contribution in [3.05, 3.63) is 34.9 Å². The Morgan fingerprint density at radius 2 is 1.95 bits per heavy atom. The molecular weight excluding hydrogens is 260 g/mol. The van der Waals surface area contributed by atoms with Crippen LogP contribution in [0.15, 0.2) is 18.2 Å². The largest absolute Gasteiger partial charge is 0.281 e. The minimum absolute atomic E-state index is 0.479. The average molecular weight is 282 g/mol. The van der Waals surface area contributed by atoms with Crippen LogP contribution < -0.4 is 0 Å². The molecule has 0 aromatic heterocycles. The van der Waals surface area contributed by atoms with Crippen molar-refractivity contribution in [2.45, 2.75) is 32.7 Å². The maximum absolute atomic E-state index is 12.2. The number of hydrogen-bond acceptors (Lipinski definition) is 2. The Kier molecular flexibility index (Phi) is 3.99. The molecule has 0 N–H and O–H groups in total. The van der Waals surface area contributed by atoms with Crippen LogP contribution >= 0.6 is 0 Å². The zero-order valence-corrected chi connectivity index (χ0v) is 12.9. The summed E-state index contributed by atoms with van der Waals surface area (Å²) in [5.74, 6) is 0.479. The quantitative estimate of drug-likeness (QED) is 0.850. The minimum atomic E-state index is -3.31. The lowest BCUT2D eigenvalue weighted by Gasteiger charge is -2.31. The zero-order chi connectivity index (χ0) is 14.2. The molecular formula is C14H22N2O2S. The van der Waals surface area contributed by atoms with Crippen LogP contribution in [-0.4, -0.2) is 37.7 Å². The van der Waals surface area contributed by atoms with E-state index < -0.39 is 10.2 Å². The number of hydrogen-bond donors (Lipinski definition) is 0. The Labute approximate surface area is 116 Å². The highest BCUT2D eigenvalue weighted by Gasteiger charge is 2.29. The van der Waals surface area contributed by atoms with Gasteiger partial charge >= 0.3 is 0 Å². The highest BCUT2D eigenvalue weighted by molar-refractivity contribution is 7.86. The molecule has 0 atom stereocenters. The van der Waals surface area contributed by atoms with Crippen molar-refractivity contribution in [3.63, 3.8) is 0 Å². The van der Waals surface area contributed by atoms with Crippen molar-refractivity contribution < 1.29 is 8.42 Å². The van der Waals surface area contributed by atoms with E-state index in [9.17, 15) is 8.42 Å². The van der Waals surface area contributed by atoms with Gasteiger partial charge in [-0.3, -0.25) is 0 Å². The summed E-state index contributed by atoms with van der Waals surface area (Å²) in [4.78, 5) is 0. The fourth-order valence-electron chi connectivity index (χ4n) is 2.58. The van der Waals surface area contributed by atoms with E-state index >= 15 is 0 Å². The minimum Gasteiger partial charge on any atom is -0.195 e. The Hall–Kier alpha value is -0.910. The summed E-state index contributed by atoms with van der Waals surface area (Å²) in [6.07, 6.45) is 0.802. The smallest absolute Gasteiger partial charge is 0.195 e. The molecule has 2 rings (SSSR count). The molecule has 1 aliphatic heterocycles. The van der Waals surface area contributed by atoms with E-state index in [1.807, 2.05) is 12.1 Å². The molecule has 0 saturated carbocycles. The Bertz CT molecular complexity index is 565. The van der Waals surface area contributed by atoms with Gasteiger partial charge in [0.15, 0.2) is 0 Å². The Morgan fingerprint density at radius 1 is 1.26 bits per heavy atom. The van der Waals surface area contributed by atoms with Gasteiger partial charge in [0.25, 0.3) is 10.2 Å². The van der Waals surface area contributed by atoms with E-state index in [0.29, 0.717) is 19.0 Å². The van der Waals surface area contributed by atoms with Crippen LogP contribution in [0.3, 0.4) is 0 Å². The fourth-order valence-corrected chi connectivity index (χ4v) is 3.67. The monoisotopic (exact) mass is 282 g/mol. The van der Waals surface area contributed by atoms with E-state index in [2.05, 4.69) is 19.9 Å². The molecule has 0 saturated heterocycles. The van der Waals surface area contributed by atoms with Gasteiger partial charge in [0.1, 0.15) is 0 Å². The molecule has 1 aliphatic rings. The fraction of sp³-hybridized carbons (Fsp3) is 0.571. The first kappa shape index (κ1) is 14.5. The molecule has 0 spiro atoms. The van der Waals surface area contributed by atoms with Crippen LogP contribution in [0.4, 0.5) is 0 Å².